The monoisotopic (exact) mass is 250 g/mol. The Hall–Kier alpha value is -1.13. The van der Waals surface area contributed by atoms with Crippen molar-refractivity contribution in [2.24, 2.45) is 5.92 Å². The predicted octanol–water partition coefficient (Wildman–Crippen LogP) is 1.90. The van der Waals surface area contributed by atoms with Crippen LogP contribution in [0.3, 0.4) is 0 Å². The molecule has 1 aromatic rings. The van der Waals surface area contributed by atoms with Crippen LogP contribution in [0, 0.1) is 5.92 Å². The Morgan fingerprint density at radius 3 is 3.00 bits per heavy atom. The standard InChI is InChI=1S/C14H22N2O2/c1-3-10-6-7-15-12(8-10)14(17)11-4-5-13(18-2)16-9-11/h4-5,9-10,12,14-15,17H,3,6-8H2,1-2H3. The summed E-state index contributed by atoms with van der Waals surface area (Å²) in [7, 11) is 1.59. The van der Waals surface area contributed by atoms with Crippen molar-refractivity contribution in [3.05, 3.63) is 23.9 Å². The SMILES string of the molecule is CCC1CCNC(C(O)c2ccc(OC)nc2)C1. The highest BCUT2D eigenvalue weighted by atomic mass is 16.5. The van der Waals surface area contributed by atoms with E-state index in [1.165, 1.54) is 12.8 Å². The van der Waals surface area contributed by atoms with Crippen molar-refractivity contribution in [3.8, 4) is 5.88 Å². The summed E-state index contributed by atoms with van der Waals surface area (Å²) in [6.07, 6.45) is 4.63. The molecule has 0 bridgehead atoms. The maximum Gasteiger partial charge on any atom is 0.212 e. The van der Waals surface area contributed by atoms with Crippen LogP contribution in [-0.2, 0) is 0 Å². The minimum Gasteiger partial charge on any atom is -0.481 e. The second-order valence-corrected chi connectivity index (χ2v) is 4.94. The van der Waals surface area contributed by atoms with Crippen LogP contribution in [0.25, 0.3) is 0 Å². The zero-order chi connectivity index (χ0) is 13.0. The normalized spacial score (nSPS) is 25.7. The van der Waals surface area contributed by atoms with E-state index in [1.54, 1.807) is 19.4 Å². The number of nitrogens with one attached hydrogen (secondary N) is 1. The average molecular weight is 250 g/mol. The highest BCUT2D eigenvalue weighted by molar-refractivity contribution is 5.21. The molecule has 4 nitrogen and oxygen atoms in total. The molecule has 0 spiro atoms. The molecule has 18 heavy (non-hydrogen) atoms. The van der Waals surface area contributed by atoms with E-state index in [-0.39, 0.29) is 6.04 Å². The van der Waals surface area contributed by atoms with E-state index in [9.17, 15) is 5.11 Å². The van der Waals surface area contributed by atoms with Crippen molar-refractivity contribution in [1.29, 1.82) is 0 Å². The van der Waals surface area contributed by atoms with Crippen LogP contribution in [-0.4, -0.2) is 29.8 Å². The third kappa shape index (κ3) is 3.00. The summed E-state index contributed by atoms with van der Waals surface area (Å²) in [6.45, 7) is 3.21. The van der Waals surface area contributed by atoms with Crippen molar-refractivity contribution in [1.82, 2.24) is 10.3 Å². The van der Waals surface area contributed by atoms with Gasteiger partial charge in [-0.1, -0.05) is 13.3 Å². The fourth-order valence-electron chi connectivity index (χ4n) is 2.56. The summed E-state index contributed by atoms with van der Waals surface area (Å²) in [5.74, 6) is 1.30. The molecule has 2 heterocycles. The smallest absolute Gasteiger partial charge is 0.212 e. The van der Waals surface area contributed by atoms with Crippen LogP contribution >= 0.6 is 0 Å². The number of hydrogen-bond acceptors (Lipinski definition) is 4. The fraction of sp³-hybridized carbons (Fsp3) is 0.643. The van der Waals surface area contributed by atoms with Crippen LogP contribution in [0.15, 0.2) is 18.3 Å². The van der Waals surface area contributed by atoms with Crippen molar-refractivity contribution in [2.45, 2.75) is 38.3 Å². The number of aromatic nitrogens is 1. The number of ether oxygens (including phenoxy) is 1. The molecule has 4 heteroatoms. The Morgan fingerprint density at radius 2 is 2.39 bits per heavy atom. The van der Waals surface area contributed by atoms with Gasteiger partial charge in [-0.2, -0.15) is 0 Å². The van der Waals surface area contributed by atoms with Gasteiger partial charge in [-0.15, -0.1) is 0 Å². The van der Waals surface area contributed by atoms with E-state index >= 15 is 0 Å². The number of aliphatic hydroxyl groups excluding tert-OH is 1. The van der Waals surface area contributed by atoms with E-state index in [2.05, 4.69) is 17.2 Å². The molecule has 1 aliphatic rings. The van der Waals surface area contributed by atoms with Crippen molar-refractivity contribution >= 4 is 0 Å². The lowest BCUT2D eigenvalue weighted by molar-refractivity contribution is 0.0975. The molecular weight excluding hydrogens is 228 g/mol. The molecule has 1 aromatic heterocycles. The van der Waals surface area contributed by atoms with Crippen LogP contribution in [0.4, 0.5) is 0 Å². The molecule has 1 saturated heterocycles. The second kappa shape index (κ2) is 6.16. The molecule has 0 aliphatic carbocycles. The van der Waals surface area contributed by atoms with E-state index in [4.69, 9.17) is 4.74 Å². The lowest BCUT2D eigenvalue weighted by atomic mass is 9.86. The number of hydrogen-bond donors (Lipinski definition) is 2. The number of aliphatic hydroxyl groups is 1. The highest BCUT2D eigenvalue weighted by Crippen LogP contribution is 2.27. The van der Waals surface area contributed by atoms with E-state index in [1.807, 2.05) is 6.07 Å². The van der Waals surface area contributed by atoms with E-state index in [0.29, 0.717) is 5.88 Å². The minimum absolute atomic E-state index is 0.138. The molecule has 1 aliphatic heterocycles. The van der Waals surface area contributed by atoms with Gasteiger partial charge in [0, 0.05) is 23.9 Å². The van der Waals surface area contributed by atoms with Gasteiger partial charge >= 0.3 is 0 Å². The van der Waals surface area contributed by atoms with Gasteiger partial charge in [0.25, 0.3) is 0 Å². The molecule has 3 atom stereocenters. The Morgan fingerprint density at radius 1 is 1.56 bits per heavy atom. The van der Waals surface area contributed by atoms with Crippen molar-refractivity contribution in [2.75, 3.05) is 13.7 Å². The molecule has 3 unspecified atom stereocenters. The lowest BCUT2D eigenvalue weighted by Crippen LogP contribution is -2.42. The van der Waals surface area contributed by atoms with Crippen LogP contribution in [0.5, 0.6) is 5.88 Å². The number of pyridine rings is 1. The first-order valence-electron chi connectivity index (χ1n) is 6.66. The second-order valence-electron chi connectivity index (χ2n) is 4.94. The molecule has 0 radical (unpaired) electrons. The van der Waals surface area contributed by atoms with Gasteiger partial charge in [-0.05, 0) is 31.4 Å². The molecule has 2 rings (SSSR count). The van der Waals surface area contributed by atoms with Gasteiger partial charge in [0.15, 0.2) is 0 Å². The number of methoxy groups -OCH3 is 1. The van der Waals surface area contributed by atoms with Crippen molar-refractivity contribution in [3.63, 3.8) is 0 Å². The molecular formula is C14H22N2O2. The first-order chi connectivity index (χ1) is 8.74. The molecule has 0 aromatic carbocycles. The zero-order valence-corrected chi connectivity index (χ0v) is 11.1. The van der Waals surface area contributed by atoms with E-state index < -0.39 is 6.10 Å². The lowest BCUT2D eigenvalue weighted by Gasteiger charge is -2.33. The Balaban J connectivity index is 2.02. The van der Waals surface area contributed by atoms with Gasteiger partial charge in [0.05, 0.1) is 13.2 Å². The van der Waals surface area contributed by atoms with Crippen LogP contribution < -0.4 is 10.1 Å². The first-order valence-corrected chi connectivity index (χ1v) is 6.66. The summed E-state index contributed by atoms with van der Waals surface area (Å²) in [6, 6.07) is 3.81. The van der Waals surface area contributed by atoms with Gasteiger partial charge in [0.1, 0.15) is 0 Å². The van der Waals surface area contributed by atoms with Gasteiger partial charge in [-0.25, -0.2) is 4.98 Å². The Bertz CT molecular complexity index is 367. The summed E-state index contributed by atoms with van der Waals surface area (Å²) in [5.41, 5.74) is 0.852. The summed E-state index contributed by atoms with van der Waals surface area (Å²) in [4.78, 5) is 4.14. The number of piperidine rings is 1. The highest BCUT2D eigenvalue weighted by Gasteiger charge is 2.27. The zero-order valence-electron chi connectivity index (χ0n) is 11.1. The maximum atomic E-state index is 10.4. The predicted molar refractivity (Wildman–Crippen MR) is 70.6 cm³/mol. The third-order valence-electron chi connectivity index (χ3n) is 3.81. The summed E-state index contributed by atoms with van der Waals surface area (Å²) >= 11 is 0. The third-order valence-corrected chi connectivity index (χ3v) is 3.81. The van der Waals surface area contributed by atoms with Crippen LogP contribution in [0.1, 0.15) is 37.9 Å². The molecule has 100 valence electrons. The van der Waals surface area contributed by atoms with Gasteiger partial charge in [0.2, 0.25) is 5.88 Å². The Labute approximate surface area is 108 Å². The van der Waals surface area contributed by atoms with Crippen LogP contribution in [0.2, 0.25) is 0 Å². The quantitative estimate of drug-likeness (QED) is 0.857. The van der Waals surface area contributed by atoms with Gasteiger partial charge < -0.3 is 15.2 Å². The molecule has 2 N–H and O–H groups in total. The largest absolute Gasteiger partial charge is 0.481 e. The van der Waals surface area contributed by atoms with Crippen molar-refractivity contribution < 1.29 is 9.84 Å². The Kier molecular flexibility index (Phi) is 4.55. The number of nitrogens with zero attached hydrogens (tertiary/aromatic N) is 1. The molecule has 0 saturated carbocycles. The fourth-order valence-corrected chi connectivity index (χ4v) is 2.56. The molecule has 1 fully saturated rings. The minimum atomic E-state index is -0.488. The number of rotatable bonds is 4. The first kappa shape index (κ1) is 13.3. The summed E-state index contributed by atoms with van der Waals surface area (Å²) in [5, 5.41) is 13.8. The molecule has 0 amide bonds. The summed E-state index contributed by atoms with van der Waals surface area (Å²) < 4.78 is 5.02. The van der Waals surface area contributed by atoms with Gasteiger partial charge in [-0.3, -0.25) is 0 Å². The topological polar surface area (TPSA) is 54.4 Å². The van der Waals surface area contributed by atoms with E-state index in [0.717, 1.165) is 24.4 Å². The average Bonchev–Trinajstić information content (AvgIpc) is 2.46. The maximum absolute atomic E-state index is 10.4.